The molecule has 0 saturated heterocycles. The van der Waals surface area contributed by atoms with E-state index in [9.17, 15) is 43.8 Å². The number of nitrogens with one attached hydrogen (secondary N) is 4. The topological polar surface area (TPSA) is 265 Å². The Morgan fingerprint density at radius 1 is 0.492 bits per heavy atom. The molecule has 0 spiro atoms. The summed E-state index contributed by atoms with van der Waals surface area (Å²) < 4.78 is 21.3. The predicted octanol–water partition coefficient (Wildman–Crippen LogP) is 3.87. The maximum atomic E-state index is 12.4. The minimum atomic E-state index is -1.19. The van der Waals surface area contributed by atoms with Gasteiger partial charge in [-0.05, 0) is 43.4 Å². The van der Waals surface area contributed by atoms with Crippen LogP contribution in [0.4, 0.5) is 0 Å². The van der Waals surface area contributed by atoms with E-state index in [0.29, 0.717) is 12.0 Å². The monoisotopic (exact) mass is 919 g/mol. The van der Waals surface area contributed by atoms with Gasteiger partial charge in [0.05, 0.1) is 51.4 Å². The largest absolute Gasteiger partial charge is 0.508 e. The second kappa shape index (κ2) is 39.8. The molecule has 65 heavy (non-hydrogen) atoms. The number of carbonyl (C=O) groups is 7. The van der Waals surface area contributed by atoms with Gasteiger partial charge in [-0.25, -0.2) is 4.79 Å². The Kier molecular flexibility index (Phi) is 35.7. The number of rotatable bonds is 44. The molecule has 1 rings (SSSR count). The molecule has 0 fully saturated rings. The van der Waals surface area contributed by atoms with Crippen LogP contribution in [0.15, 0.2) is 24.3 Å². The molecule has 0 aromatic heterocycles. The highest BCUT2D eigenvalue weighted by molar-refractivity contribution is 6.59. The zero-order valence-corrected chi connectivity index (χ0v) is 38.3. The number of aliphatic carboxylic acids is 2. The molecule has 1 aromatic rings. The fourth-order valence-corrected chi connectivity index (χ4v) is 6.60. The number of hydrogen-bond acceptors (Lipinski definition) is 12. The minimum absolute atomic E-state index is 0.0349. The van der Waals surface area contributed by atoms with Gasteiger partial charge in [-0.1, -0.05) is 102 Å². The molecular formula is C46H75BN4O14. The number of ether oxygens (including phenoxy) is 4. The van der Waals surface area contributed by atoms with E-state index < -0.39 is 35.6 Å². The summed E-state index contributed by atoms with van der Waals surface area (Å²) in [5.74, 6) is -3.39. The fourth-order valence-electron chi connectivity index (χ4n) is 6.60. The van der Waals surface area contributed by atoms with Gasteiger partial charge in [-0.2, -0.15) is 0 Å². The van der Waals surface area contributed by atoms with Crippen molar-refractivity contribution < 1.29 is 67.8 Å². The van der Waals surface area contributed by atoms with Crippen LogP contribution >= 0.6 is 0 Å². The van der Waals surface area contributed by atoms with E-state index in [1.807, 2.05) is 0 Å². The number of hydrogen-bond donors (Lipinski definition) is 7. The van der Waals surface area contributed by atoms with Gasteiger partial charge in [0.15, 0.2) is 7.85 Å². The highest BCUT2D eigenvalue weighted by Gasteiger charge is 2.21. The summed E-state index contributed by atoms with van der Waals surface area (Å²) >= 11 is 0. The summed E-state index contributed by atoms with van der Waals surface area (Å²) in [6.45, 7) is 0.901. The van der Waals surface area contributed by atoms with E-state index in [0.717, 1.165) is 38.5 Å². The molecule has 0 saturated carbocycles. The fraction of sp³-hybridized carbons (Fsp3) is 0.717. The predicted molar refractivity (Wildman–Crippen MR) is 243 cm³/mol. The van der Waals surface area contributed by atoms with E-state index in [1.165, 1.54) is 69.9 Å². The van der Waals surface area contributed by atoms with Crippen LogP contribution in [0.1, 0.15) is 134 Å². The molecule has 1 unspecified atom stereocenters. The van der Waals surface area contributed by atoms with Crippen LogP contribution in [0.25, 0.3) is 0 Å². The van der Waals surface area contributed by atoms with Crippen molar-refractivity contribution in [1.82, 2.24) is 21.3 Å². The van der Waals surface area contributed by atoms with Gasteiger partial charge in [-0.15, -0.1) is 0 Å². The molecular weight excluding hydrogens is 843 g/mol. The summed E-state index contributed by atoms with van der Waals surface area (Å²) in [5.41, 5.74) is 0.00778. The average Bonchev–Trinajstić information content (AvgIpc) is 3.26. The van der Waals surface area contributed by atoms with Gasteiger partial charge in [0.2, 0.25) is 23.6 Å². The quantitative estimate of drug-likeness (QED) is 0.0362. The van der Waals surface area contributed by atoms with Gasteiger partial charge in [-0.3, -0.25) is 24.0 Å². The van der Waals surface area contributed by atoms with Crippen LogP contribution < -0.4 is 21.3 Å². The number of amides is 4. The third kappa shape index (κ3) is 36.3. The van der Waals surface area contributed by atoms with Crippen molar-refractivity contribution in [3.8, 4) is 5.75 Å². The highest BCUT2D eigenvalue weighted by atomic mass is 16.5. The first-order valence-corrected chi connectivity index (χ1v) is 23.3. The van der Waals surface area contributed by atoms with Crippen molar-refractivity contribution >= 4 is 49.1 Å². The van der Waals surface area contributed by atoms with Crippen LogP contribution in [-0.4, -0.2) is 142 Å². The molecule has 19 heteroatoms. The van der Waals surface area contributed by atoms with Crippen LogP contribution in [0.5, 0.6) is 5.75 Å². The molecule has 7 N–H and O–H groups in total. The number of phenols is 1. The Balaban J connectivity index is 1.94. The zero-order valence-electron chi connectivity index (χ0n) is 38.3. The molecule has 1 aromatic carbocycles. The lowest BCUT2D eigenvalue weighted by Crippen LogP contribution is -2.44. The molecule has 0 aliphatic carbocycles. The average molecular weight is 919 g/mol. The van der Waals surface area contributed by atoms with Gasteiger partial charge < -0.3 is 60.3 Å². The zero-order chi connectivity index (χ0) is 47.8. The van der Waals surface area contributed by atoms with E-state index in [-0.39, 0.29) is 122 Å². The van der Waals surface area contributed by atoms with E-state index in [1.54, 1.807) is 12.1 Å². The number of benzene rings is 1. The van der Waals surface area contributed by atoms with Crippen molar-refractivity contribution in [3.05, 3.63) is 29.8 Å². The van der Waals surface area contributed by atoms with Crippen molar-refractivity contribution in [3.63, 3.8) is 0 Å². The normalized spacial score (nSPS) is 11.9. The highest BCUT2D eigenvalue weighted by Crippen LogP contribution is 2.15. The number of carbonyl (C=O) groups excluding carboxylic acids is 5. The second-order valence-electron chi connectivity index (χ2n) is 16.0. The Hall–Kier alpha value is -4.59. The molecule has 2 radical (unpaired) electrons. The third-order valence-electron chi connectivity index (χ3n) is 10.2. The van der Waals surface area contributed by atoms with Crippen molar-refractivity contribution in [2.75, 3.05) is 65.9 Å². The molecule has 18 nitrogen and oxygen atoms in total. The van der Waals surface area contributed by atoms with Crippen LogP contribution in [0.2, 0.25) is 0 Å². The maximum absolute atomic E-state index is 12.4. The molecule has 4 amide bonds. The van der Waals surface area contributed by atoms with Crippen LogP contribution in [0.3, 0.4) is 0 Å². The van der Waals surface area contributed by atoms with Crippen molar-refractivity contribution in [1.29, 1.82) is 0 Å². The van der Waals surface area contributed by atoms with Gasteiger partial charge in [0.25, 0.3) is 0 Å². The summed E-state index contributed by atoms with van der Waals surface area (Å²) in [6.07, 6.45) is 18.3. The smallest absolute Gasteiger partial charge is 0.326 e. The van der Waals surface area contributed by atoms with Crippen LogP contribution in [0, 0.1) is 0 Å². The van der Waals surface area contributed by atoms with Crippen molar-refractivity contribution in [2.24, 2.45) is 0 Å². The van der Waals surface area contributed by atoms with Gasteiger partial charge >= 0.3 is 11.9 Å². The Labute approximate surface area is 385 Å². The summed E-state index contributed by atoms with van der Waals surface area (Å²) in [7, 11) is 5.39. The van der Waals surface area contributed by atoms with Crippen molar-refractivity contribution in [2.45, 2.75) is 147 Å². The van der Waals surface area contributed by atoms with Crippen LogP contribution in [-0.2, 0) is 58.9 Å². The summed E-state index contributed by atoms with van der Waals surface area (Å²) in [4.78, 5) is 82.6. The lowest BCUT2D eigenvalue weighted by Gasteiger charge is -2.16. The first-order chi connectivity index (χ1) is 31.4. The number of unbranched alkanes of at least 4 members (excludes halogenated alkanes) is 15. The second-order valence-corrected chi connectivity index (χ2v) is 16.0. The Morgan fingerprint density at radius 2 is 0.923 bits per heavy atom. The number of carboxylic acids is 2. The minimum Gasteiger partial charge on any atom is -0.508 e. The number of carboxylic acid groups (broad SMARTS) is 2. The van der Waals surface area contributed by atoms with Gasteiger partial charge in [0.1, 0.15) is 25.0 Å². The van der Waals surface area contributed by atoms with E-state index >= 15 is 0 Å². The lowest BCUT2D eigenvalue weighted by atomic mass is 9.90. The number of aromatic hydroxyl groups is 1. The summed E-state index contributed by atoms with van der Waals surface area (Å²) in [6, 6.07) is 4.10. The standard InChI is InChI=1S/C46H75BN4O14/c47-45(59)39(33-36-19-21-37(52)22-20-36)51-43(56)35-65-32-30-63-28-26-49-42(55)34-64-31-29-62-27-25-48-40(53)24-23-38(46(60)61)50-41(54)17-15-13-11-9-7-5-3-1-2-4-6-8-10-12-14-16-18-44(57)58/h19-22,38-39,52H,1-18,23-35H2,(H,48,53)(H,49,55)(H,50,54)(H,51,56)(H,57,58)(H,60,61)/t38-,39?/m0/s1. The maximum Gasteiger partial charge on any atom is 0.326 e. The molecule has 0 heterocycles. The Morgan fingerprint density at radius 3 is 1.40 bits per heavy atom. The SMILES string of the molecule is [B]C(=O)C(Cc1ccc(O)cc1)NC(=O)COCCOCCNC(=O)COCCOCCNC(=O)CC[C@H](NC(=O)CCCCCCCCCCCCCCCCCCC(=O)O)C(=O)O. The Bertz CT molecular complexity index is 1490. The molecule has 0 aliphatic rings. The third-order valence-corrected chi connectivity index (χ3v) is 10.2. The molecule has 366 valence electrons. The van der Waals surface area contributed by atoms with Gasteiger partial charge in [0, 0.05) is 32.4 Å². The molecule has 2 atom stereocenters. The van der Waals surface area contributed by atoms with E-state index in [4.69, 9.17) is 31.9 Å². The van der Waals surface area contributed by atoms with E-state index in [2.05, 4.69) is 21.3 Å². The number of phenolic OH excluding ortho intramolecular Hbond substituents is 1. The summed E-state index contributed by atoms with van der Waals surface area (Å²) in [5, 5.41) is 37.9. The lowest BCUT2D eigenvalue weighted by molar-refractivity contribution is -0.142. The molecule has 0 bridgehead atoms. The first-order valence-electron chi connectivity index (χ1n) is 23.3. The molecule has 0 aliphatic heterocycles. The first kappa shape index (κ1) is 58.4.